The summed E-state index contributed by atoms with van der Waals surface area (Å²) in [7, 11) is 0. The number of rotatable bonds is 8. The molecule has 2 nitrogen and oxygen atoms in total. The van der Waals surface area contributed by atoms with Crippen molar-refractivity contribution in [2.24, 2.45) is 5.73 Å². The fraction of sp³-hybridized carbons (Fsp3) is 0.462. The molecule has 0 atom stereocenters. The number of nitrogens with one attached hydrogen (secondary N) is 1. The van der Waals surface area contributed by atoms with Crippen molar-refractivity contribution in [3.05, 3.63) is 29.3 Å². The van der Waals surface area contributed by atoms with Crippen LogP contribution in [0.25, 0.3) is 0 Å². The van der Waals surface area contributed by atoms with Crippen molar-refractivity contribution in [1.82, 2.24) is 0 Å². The third-order valence-electron chi connectivity index (χ3n) is 2.69. The lowest BCUT2D eigenvalue weighted by Gasteiger charge is -2.10. The normalized spacial score (nSPS) is 10.5. The van der Waals surface area contributed by atoms with E-state index >= 15 is 0 Å². The van der Waals surface area contributed by atoms with E-state index < -0.39 is 11.6 Å². The van der Waals surface area contributed by atoms with Gasteiger partial charge in [-0.15, -0.1) is 0 Å². The van der Waals surface area contributed by atoms with E-state index in [-0.39, 0.29) is 16.2 Å². The van der Waals surface area contributed by atoms with E-state index in [1.807, 2.05) is 11.8 Å². The van der Waals surface area contributed by atoms with E-state index in [9.17, 15) is 8.78 Å². The van der Waals surface area contributed by atoms with Crippen molar-refractivity contribution in [2.75, 3.05) is 23.9 Å². The van der Waals surface area contributed by atoms with Crippen LogP contribution in [0.3, 0.4) is 0 Å². The van der Waals surface area contributed by atoms with E-state index in [0.717, 1.165) is 25.0 Å². The van der Waals surface area contributed by atoms with Crippen LogP contribution in [-0.4, -0.2) is 23.5 Å². The highest BCUT2D eigenvalue weighted by Gasteiger charge is 2.14. The Morgan fingerprint density at radius 3 is 2.63 bits per heavy atom. The molecule has 0 spiro atoms. The molecule has 6 heteroatoms. The predicted molar refractivity (Wildman–Crippen MR) is 83.0 cm³/mol. The van der Waals surface area contributed by atoms with E-state index in [2.05, 4.69) is 23.8 Å². The maximum absolute atomic E-state index is 13.7. The summed E-state index contributed by atoms with van der Waals surface area (Å²) >= 11 is 6.46. The Bertz CT molecular complexity index is 439. The van der Waals surface area contributed by atoms with Crippen LogP contribution in [-0.2, 0) is 0 Å². The first-order valence-electron chi connectivity index (χ1n) is 6.08. The average molecular weight is 304 g/mol. The van der Waals surface area contributed by atoms with Gasteiger partial charge < -0.3 is 11.1 Å². The first kappa shape index (κ1) is 16.2. The van der Waals surface area contributed by atoms with Gasteiger partial charge in [-0.2, -0.15) is 11.8 Å². The minimum absolute atomic E-state index is 0.0574. The Labute approximate surface area is 122 Å². The Balaban J connectivity index is 2.51. The Morgan fingerprint density at radius 2 is 2.00 bits per heavy atom. The number of anilines is 1. The summed E-state index contributed by atoms with van der Waals surface area (Å²) in [6.45, 7) is 0.622. The zero-order valence-corrected chi connectivity index (χ0v) is 12.5. The van der Waals surface area contributed by atoms with Gasteiger partial charge in [0.2, 0.25) is 0 Å². The van der Waals surface area contributed by atoms with Gasteiger partial charge >= 0.3 is 0 Å². The van der Waals surface area contributed by atoms with Crippen molar-refractivity contribution in [3.63, 3.8) is 0 Å². The Hall–Kier alpha value is -0.880. The second-order valence-corrected chi connectivity index (χ2v) is 5.56. The lowest BCUT2D eigenvalue weighted by Crippen LogP contribution is -2.14. The molecule has 0 bridgehead atoms. The minimum Gasteiger partial charge on any atom is -0.389 e. The third kappa shape index (κ3) is 4.95. The van der Waals surface area contributed by atoms with Crippen molar-refractivity contribution in [2.45, 2.75) is 19.3 Å². The van der Waals surface area contributed by atoms with Crippen LogP contribution < -0.4 is 11.1 Å². The fourth-order valence-electron chi connectivity index (χ4n) is 1.65. The lowest BCUT2D eigenvalue weighted by molar-refractivity contribution is 0.509. The topological polar surface area (TPSA) is 38.0 Å². The molecule has 106 valence electrons. The van der Waals surface area contributed by atoms with Crippen LogP contribution in [0.15, 0.2) is 12.1 Å². The Morgan fingerprint density at radius 1 is 1.26 bits per heavy atom. The first-order chi connectivity index (χ1) is 9.07. The van der Waals surface area contributed by atoms with E-state index in [1.54, 1.807) is 0 Å². The molecule has 3 N–H and O–H groups in total. The second kappa shape index (κ2) is 8.32. The van der Waals surface area contributed by atoms with Gasteiger partial charge in [0.1, 0.15) is 4.99 Å². The summed E-state index contributed by atoms with van der Waals surface area (Å²) in [4.78, 5) is -0.139. The van der Waals surface area contributed by atoms with Gasteiger partial charge in [0.15, 0.2) is 11.6 Å². The highest BCUT2D eigenvalue weighted by Crippen LogP contribution is 2.20. The zero-order chi connectivity index (χ0) is 14.3. The van der Waals surface area contributed by atoms with Crippen molar-refractivity contribution in [3.8, 4) is 0 Å². The molecule has 0 heterocycles. The molecule has 1 rings (SSSR count). The molecule has 0 aliphatic heterocycles. The maximum Gasteiger partial charge on any atom is 0.182 e. The van der Waals surface area contributed by atoms with Crippen molar-refractivity contribution >= 4 is 34.7 Å². The molecule has 1 aromatic carbocycles. The van der Waals surface area contributed by atoms with Crippen LogP contribution in [0.5, 0.6) is 0 Å². The van der Waals surface area contributed by atoms with E-state index in [4.69, 9.17) is 5.73 Å². The number of thioether (sulfide) groups is 1. The number of halogens is 2. The van der Waals surface area contributed by atoms with Gasteiger partial charge in [-0.25, -0.2) is 8.78 Å². The summed E-state index contributed by atoms with van der Waals surface area (Å²) in [5, 5.41) is 2.89. The van der Waals surface area contributed by atoms with E-state index in [1.165, 1.54) is 12.1 Å². The number of benzene rings is 1. The largest absolute Gasteiger partial charge is 0.389 e. The quantitative estimate of drug-likeness (QED) is 0.569. The smallest absolute Gasteiger partial charge is 0.182 e. The van der Waals surface area contributed by atoms with Gasteiger partial charge in [0.05, 0.1) is 5.69 Å². The number of unbranched alkanes of at least 4 members (excludes halogenated alkanes) is 2. The van der Waals surface area contributed by atoms with Gasteiger partial charge in [0, 0.05) is 12.1 Å². The van der Waals surface area contributed by atoms with Crippen LogP contribution in [0.4, 0.5) is 14.5 Å². The molecular formula is C13H18F2N2S2. The lowest BCUT2D eigenvalue weighted by atomic mass is 10.1. The standard InChI is InChI=1S/C13H18F2N2S2/c1-19-8-4-2-3-7-17-10-6-5-9(13(16)18)11(14)12(10)15/h5-6,17H,2-4,7-8H2,1H3,(H2,16,18). The molecule has 0 amide bonds. The monoisotopic (exact) mass is 304 g/mol. The molecular weight excluding hydrogens is 286 g/mol. The summed E-state index contributed by atoms with van der Waals surface area (Å²) in [6, 6.07) is 2.87. The third-order valence-corrected chi connectivity index (χ3v) is 3.61. The van der Waals surface area contributed by atoms with Crippen molar-refractivity contribution in [1.29, 1.82) is 0 Å². The molecule has 0 unspecified atom stereocenters. The maximum atomic E-state index is 13.7. The highest BCUT2D eigenvalue weighted by molar-refractivity contribution is 7.98. The van der Waals surface area contributed by atoms with Gasteiger partial charge in [-0.1, -0.05) is 18.6 Å². The average Bonchev–Trinajstić information content (AvgIpc) is 2.38. The van der Waals surface area contributed by atoms with Crippen LogP contribution in [0, 0.1) is 11.6 Å². The molecule has 0 aliphatic carbocycles. The number of nitrogens with two attached hydrogens (primary N) is 1. The van der Waals surface area contributed by atoms with Gasteiger partial charge in [-0.05, 0) is 37.0 Å². The number of hydrogen-bond acceptors (Lipinski definition) is 3. The summed E-state index contributed by atoms with van der Waals surface area (Å²) in [5.41, 5.74) is 5.40. The number of thiocarbonyl (C=S) groups is 1. The summed E-state index contributed by atoms with van der Waals surface area (Å²) in [6.07, 6.45) is 5.21. The first-order valence-corrected chi connectivity index (χ1v) is 7.88. The molecule has 0 aliphatic rings. The van der Waals surface area contributed by atoms with Gasteiger partial charge in [-0.3, -0.25) is 0 Å². The molecule has 0 radical (unpaired) electrons. The zero-order valence-electron chi connectivity index (χ0n) is 10.8. The fourth-order valence-corrected chi connectivity index (χ4v) is 2.30. The van der Waals surface area contributed by atoms with Crippen LogP contribution in [0.2, 0.25) is 0 Å². The summed E-state index contributed by atoms with van der Waals surface area (Å²) < 4.78 is 27.3. The van der Waals surface area contributed by atoms with E-state index in [0.29, 0.717) is 6.54 Å². The predicted octanol–water partition coefficient (Wildman–Crippen LogP) is 3.54. The Kier molecular flexibility index (Phi) is 7.09. The summed E-state index contributed by atoms with van der Waals surface area (Å²) in [5.74, 6) is -0.777. The van der Waals surface area contributed by atoms with Crippen LogP contribution in [0.1, 0.15) is 24.8 Å². The molecule has 0 aromatic heterocycles. The second-order valence-electron chi connectivity index (χ2n) is 4.13. The minimum atomic E-state index is -0.986. The van der Waals surface area contributed by atoms with Gasteiger partial charge in [0.25, 0.3) is 0 Å². The SMILES string of the molecule is CSCCCCCNc1ccc(C(N)=S)c(F)c1F. The molecule has 0 fully saturated rings. The molecule has 1 aromatic rings. The molecule has 0 saturated carbocycles. The highest BCUT2D eigenvalue weighted by atomic mass is 32.2. The molecule has 0 saturated heterocycles. The van der Waals surface area contributed by atoms with Crippen LogP contribution >= 0.6 is 24.0 Å². The molecule has 19 heavy (non-hydrogen) atoms. The van der Waals surface area contributed by atoms with Crippen molar-refractivity contribution < 1.29 is 8.78 Å². The number of hydrogen-bond donors (Lipinski definition) is 2.